The van der Waals surface area contributed by atoms with Crippen molar-refractivity contribution in [1.29, 1.82) is 0 Å². The number of hydrogen-bond donors (Lipinski definition) is 0. The molecule has 1 heterocycles. The van der Waals surface area contributed by atoms with Gasteiger partial charge in [0.1, 0.15) is 0 Å². The van der Waals surface area contributed by atoms with Crippen LogP contribution in [0.2, 0.25) is 19.6 Å². The van der Waals surface area contributed by atoms with E-state index in [9.17, 15) is 4.79 Å². The third-order valence-corrected chi connectivity index (χ3v) is 6.51. The summed E-state index contributed by atoms with van der Waals surface area (Å²) >= 11 is 3.50. The van der Waals surface area contributed by atoms with Crippen molar-refractivity contribution in [2.45, 2.75) is 57.0 Å². The predicted octanol–water partition coefficient (Wildman–Crippen LogP) is 5.36. The minimum absolute atomic E-state index is 0.0719. The quantitative estimate of drug-likeness (QED) is 0.468. The summed E-state index contributed by atoms with van der Waals surface area (Å²) in [5, 5.41) is 0. The molecule has 1 aliphatic heterocycles. The van der Waals surface area contributed by atoms with Crippen LogP contribution >= 0.6 is 15.9 Å². The summed E-state index contributed by atoms with van der Waals surface area (Å²) in [6.07, 6.45) is 5.96. The van der Waals surface area contributed by atoms with Crippen LogP contribution in [0.1, 0.15) is 37.2 Å². The number of benzene rings is 1. The Labute approximate surface area is 165 Å². The van der Waals surface area contributed by atoms with E-state index < -0.39 is 20.1 Å². The zero-order valence-electron chi connectivity index (χ0n) is 15.9. The summed E-state index contributed by atoms with van der Waals surface area (Å²) in [7, 11) is -0.499. The SMILES string of the molecule is COC(=O)C1=C[C@H](c2ccc(Br)cc2)[C@@H]2CCCC[C@@]2(O[Si](C)(C)C)O1. The van der Waals surface area contributed by atoms with Crippen LogP contribution in [0.5, 0.6) is 0 Å². The molecule has 4 nitrogen and oxygen atoms in total. The highest BCUT2D eigenvalue weighted by Gasteiger charge is 2.53. The van der Waals surface area contributed by atoms with Crippen molar-refractivity contribution in [1.82, 2.24) is 0 Å². The first-order valence-electron chi connectivity index (χ1n) is 9.19. The van der Waals surface area contributed by atoms with Gasteiger partial charge in [-0.05, 0) is 56.3 Å². The lowest BCUT2D eigenvalue weighted by atomic mass is 9.71. The molecule has 1 saturated carbocycles. The van der Waals surface area contributed by atoms with Crippen molar-refractivity contribution in [3.63, 3.8) is 0 Å². The Morgan fingerprint density at radius 2 is 1.92 bits per heavy atom. The van der Waals surface area contributed by atoms with Gasteiger partial charge < -0.3 is 13.9 Å². The highest BCUT2D eigenvalue weighted by molar-refractivity contribution is 9.10. The molecule has 1 fully saturated rings. The number of carbonyl (C=O) groups is 1. The average Bonchev–Trinajstić information content (AvgIpc) is 2.59. The van der Waals surface area contributed by atoms with Gasteiger partial charge in [0.15, 0.2) is 8.32 Å². The summed E-state index contributed by atoms with van der Waals surface area (Å²) in [5.74, 6) is -0.634. The molecule has 1 aromatic rings. The Kier molecular flexibility index (Phi) is 5.65. The Bertz CT molecular complexity index is 695. The van der Waals surface area contributed by atoms with Crippen molar-refractivity contribution in [2.24, 2.45) is 5.92 Å². The van der Waals surface area contributed by atoms with Crippen LogP contribution in [-0.4, -0.2) is 27.2 Å². The summed E-state index contributed by atoms with van der Waals surface area (Å²) in [6.45, 7) is 6.50. The molecule has 2 aliphatic rings. The van der Waals surface area contributed by atoms with Crippen LogP contribution < -0.4 is 0 Å². The lowest BCUT2D eigenvalue weighted by Gasteiger charge is -2.51. The summed E-state index contributed by atoms with van der Waals surface area (Å²) in [4.78, 5) is 12.3. The van der Waals surface area contributed by atoms with Crippen molar-refractivity contribution >= 4 is 30.2 Å². The molecular weight excluding hydrogens is 412 g/mol. The molecule has 1 aliphatic carbocycles. The second-order valence-electron chi connectivity index (χ2n) is 8.08. The van der Waals surface area contributed by atoms with E-state index in [-0.39, 0.29) is 17.6 Å². The zero-order chi connectivity index (χ0) is 18.9. The van der Waals surface area contributed by atoms with Crippen LogP contribution in [0.4, 0.5) is 0 Å². The highest BCUT2D eigenvalue weighted by atomic mass is 79.9. The normalized spacial score (nSPS) is 28.6. The van der Waals surface area contributed by atoms with Gasteiger partial charge in [0, 0.05) is 22.7 Å². The van der Waals surface area contributed by atoms with E-state index in [2.05, 4.69) is 47.7 Å². The third kappa shape index (κ3) is 4.07. The summed E-state index contributed by atoms with van der Waals surface area (Å²) in [5.41, 5.74) is 1.17. The number of rotatable bonds is 4. The summed E-state index contributed by atoms with van der Waals surface area (Å²) in [6, 6.07) is 8.30. The second kappa shape index (κ2) is 7.48. The fraction of sp³-hybridized carbons (Fsp3) is 0.550. The number of ether oxygens (including phenoxy) is 2. The molecule has 0 aromatic heterocycles. The monoisotopic (exact) mass is 438 g/mol. The first-order valence-corrected chi connectivity index (χ1v) is 13.4. The Hall–Kier alpha value is -1.11. The molecule has 0 radical (unpaired) electrons. The van der Waals surface area contributed by atoms with E-state index in [1.165, 1.54) is 12.7 Å². The first-order chi connectivity index (χ1) is 12.2. The molecule has 3 rings (SSSR count). The van der Waals surface area contributed by atoms with Crippen molar-refractivity contribution < 1.29 is 18.7 Å². The van der Waals surface area contributed by atoms with E-state index in [4.69, 9.17) is 13.9 Å². The van der Waals surface area contributed by atoms with E-state index in [0.29, 0.717) is 0 Å². The fourth-order valence-corrected chi connectivity index (χ4v) is 5.71. The number of methoxy groups -OCH3 is 1. The van der Waals surface area contributed by atoms with Crippen LogP contribution in [0.3, 0.4) is 0 Å². The molecule has 0 spiro atoms. The van der Waals surface area contributed by atoms with Gasteiger partial charge in [-0.25, -0.2) is 4.79 Å². The van der Waals surface area contributed by atoms with Gasteiger partial charge in [-0.2, -0.15) is 0 Å². The first kappa shape index (κ1) is 19.6. The van der Waals surface area contributed by atoms with Crippen LogP contribution in [0.15, 0.2) is 40.6 Å². The maximum absolute atomic E-state index is 12.3. The number of esters is 1. The number of allylic oxidation sites excluding steroid dienone is 1. The second-order valence-corrected chi connectivity index (χ2v) is 13.4. The minimum atomic E-state index is -1.89. The van der Waals surface area contributed by atoms with Gasteiger partial charge in [-0.3, -0.25) is 0 Å². The standard InChI is InChI=1S/C20H27BrO4Si/c1-23-19(22)18-13-16(14-8-10-15(21)11-9-14)17-7-5-6-12-20(17,24-18)25-26(2,3)4/h8-11,13,16-17H,5-7,12H2,1-4H3/t16-,17+,20+/m1/s1. The number of hydrogen-bond acceptors (Lipinski definition) is 4. The van der Waals surface area contributed by atoms with Gasteiger partial charge in [0.2, 0.25) is 11.5 Å². The van der Waals surface area contributed by atoms with Gasteiger partial charge in [0.25, 0.3) is 0 Å². The molecule has 0 unspecified atom stereocenters. The maximum Gasteiger partial charge on any atom is 0.373 e. The van der Waals surface area contributed by atoms with Gasteiger partial charge in [-0.1, -0.05) is 34.5 Å². The molecule has 0 N–H and O–H groups in total. The molecule has 0 saturated heterocycles. The molecule has 6 heteroatoms. The highest BCUT2D eigenvalue weighted by Crippen LogP contribution is 2.51. The molecule has 3 atom stereocenters. The predicted molar refractivity (Wildman–Crippen MR) is 107 cm³/mol. The Morgan fingerprint density at radius 3 is 2.54 bits per heavy atom. The van der Waals surface area contributed by atoms with Crippen molar-refractivity contribution in [3.05, 3.63) is 46.1 Å². The molecule has 1 aromatic carbocycles. The topological polar surface area (TPSA) is 44.8 Å². The van der Waals surface area contributed by atoms with E-state index in [0.717, 1.165) is 30.2 Å². The molecule has 142 valence electrons. The maximum atomic E-state index is 12.3. The average molecular weight is 439 g/mol. The fourth-order valence-electron chi connectivity index (χ4n) is 4.11. The van der Waals surface area contributed by atoms with E-state index in [1.54, 1.807) is 0 Å². The summed E-state index contributed by atoms with van der Waals surface area (Å²) < 4.78 is 18.9. The van der Waals surface area contributed by atoms with Gasteiger partial charge >= 0.3 is 5.97 Å². The number of halogens is 1. The Morgan fingerprint density at radius 1 is 1.23 bits per heavy atom. The van der Waals surface area contributed by atoms with Crippen LogP contribution in [0, 0.1) is 5.92 Å². The van der Waals surface area contributed by atoms with Gasteiger partial charge in [-0.15, -0.1) is 0 Å². The lowest BCUT2D eigenvalue weighted by Crippen LogP contribution is -2.55. The van der Waals surface area contributed by atoms with Crippen molar-refractivity contribution in [2.75, 3.05) is 7.11 Å². The molecule has 26 heavy (non-hydrogen) atoms. The largest absolute Gasteiger partial charge is 0.463 e. The zero-order valence-corrected chi connectivity index (χ0v) is 18.5. The third-order valence-electron chi connectivity index (χ3n) is 5.02. The molecular formula is C20H27BrO4Si. The van der Waals surface area contributed by atoms with Crippen LogP contribution in [0.25, 0.3) is 0 Å². The number of carbonyl (C=O) groups excluding carboxylic acids is 1. The van der Waals surface area contributed by atoms with E-state index >= 15 is 0 Å². The number of fused-ring (bicyclic) bond motifs is 1. The smallest absolute Gasteiger partial charge is 0.373 e. The molecule has 0 amide bonds. The van der Waals surface area contributed by atoms with Crippen molar-refractivity contribution in [3.8, 4) is 0 Å². The lowest BCUT2D eigenvalue weighted by molar-refractivity contribution is -0.230. The van der Waals surface area contributed by atoms with E-state index in [1.807, 2.05) is 18.2 Å². The molecule has 0 bridgehead atoms. The Balaban J connectivity index is 2.08. The van der Waals surface area contributed by atoms with Gasteiger partial charge in [0.05, 0.1) is 7.11 Å². The van der Waals surface area contributed by atoms with Crippen LogP contribution in [-0.2, 0) is 18.7 Å². The minimum Gasteiger partial charge on any atom is -0.463 e.